The molecule has 0 aliphatic carbocycles. The third-order valence-corrected chi connectivity index (χ3v) is 4.30. The molecule has 0 saturated carbocycles. The Morgan fingerprint density at radius 3 is 1.77 bits per heavy atom. The second kappa shape index (κ2) is 8.62. The van der Waals surface area contributed by atoms with Crippen LogP contribution < -0.4 is 0 Å². The summed E-state index contributed by atoms with van der Waals surface area (Å²) in [4.78, 5) is 35.8. The van der Waals surface area contributed by atoms with E-state index in [1.165, 1.54) is 19.9 Å². The molecule has 0 aromatic rings. The maximum atomic E-state index is 12.5. The molecule has 0 spiro atoms. The Balaban J connectivity index is 5.68. The molecular weight excluding hydrogens is 276 g/mol. The van der Waals surface area contributed by atoms with Crippen molar-refractivity contribution in [3.63, 3.8) is 0 Å². The predicted octanol–water partition coefficient (Wildman–Crippen LogP) is 4.38. The lowest BCUT2D eigenvalue weighted by Crippen LogP contribution is -2.27. The van der Waals surface area contributed by atoms with Gasteiger partial charge in [0.1, 0.15) is 0 Å². The van der Waals surface area contributed by atoms with Gasteiger partial charge in [-0.3, -0.25) is 14.4 Å². The van der Waals surface area contributed by atoms with E-state index >= 15 is 0 Å². The first-order valence-electron chi connectivity index (χ1n) is 7.80. The molecule has 0 amide bonds. The van der Waals surface area contributed by atoms with E-state index in [9.17, 15) is 14.4 Å². The zero-order chi connectivity index (χ0) is 17.5. The summed E-state index contributed by atoms with van der Waals surface area (Å²) in [5.74, 6) is -0.306. The second-order valence-electron chi connectivity index (χ2n) is 5.86. The van der Waals surface area contributed by atoms with Gasteiger partial charge >= 0.3 is 0 Å². The van der Waals surface area contributed by atoms with Gasteiger partial charge in [0.25, 0.3) is 0 Å². The van der Waals surface area contributed by atoms with Crippen LogP contribution >= 0.6 is 0 Å². The Bertz CT molecular complexity index is 529. The molecule has 0 rings (SSSR count). The molecule has 0 aromatic heterocycles. The first-order valence-corrected chi connectivity index (χ1v) is 7.80. The third kappa shape index (κ3) is 5.21. The van der Waals surface area contributed by atoms with Gasteiger partial charge < -0.3 is 0 Å². The molecule has 122 valence electrons. The van der Waals surface area contributed by atoms with Crippen molar-refractivity contribution in [2.75, 3.05) is 0 Å². The van der Waals surface area contributed by atoms with E-state index in [1.54, 1.807) is 6.08 Å². The van der Waals surface area contributed by atoms with E-state index in [4.69, 9.17) is 0 Å². The van der Waals surface area contributed by atoms with Crippen molar-refractivity contribution in [3.05, 3.63) is 35.5 Å². The second-order valence-corrected chi connectivity index (χ2v) is 5.86. The molecule has 0 bridgehead atoms. The first-order chi connectivity index (χ1) is 10.1. The fourth-order valence-electron chi connectivity index (χ4n) is 2.10. The quantitative estimate of drug-likeness (QED) is 0.469. The molecule has 0 fully saturated rings. The molecule has 0 unspecified atom stereocenters. The molecule has 3 nitrogen and oxygen atoms in total. The van der Waals surface area contributed by atoms with Crippen LogP contribution in [0.25, 0.3) is 0 Å². The molecule has 3 heteroatoms. The largest absolute Gasteiger partial charge is 0.295 e. The van der Waals surface area contributed by atoms with Gasteiger partial charge in [0.2, 0.25) is 0 Å². The highest BCUT2D eigenvalue weighted by Crippen LogP contribution is 2.30. The number of ketones is 3. The summed E-state index contributed by atoms with van der Waals surface area (Å²) in [7, 11) is 0. The van der Waals surface area contributed by atoms with Crippen LogP contribution in [0.1, 0.15) is 60.8 Å². The van der Waals surface area contributed by atoms with Crippen LogP contribution in [-0.4, -0.2) is 17.3 Å². The summed E-state index contributed by atoms with van der Waals surface area (Å²) in [6, 6.07) is 0. The Kier molecular flexibility index (Phi) is 7.93. The molecule has 0 saturated heterocycles. The minimum absolute atomic E-state index is 0.0504. The lowest BCUT2D eigenvalue weighted by atomic mass is 9.77. The maximum Gasteiger partial charge on any atom is 0.168 e. The minimum Gasteiger partial charge on any atom is -0.295 e. The van der Waals surface area contributed by atoms with E-state index in [0.717, 1.165) is 0 Å². The van der Waals surface area contributed by atoms with Crippen molar-refractivity contribution in [2.24, 2.45) is 5.41 Å². The number of hydrogen-bond acceptors (Lipinski definition) is 3. The van der Waals surface area contributed by atoms with Crippen molar-refractivity contribution < 1.29 is 14.4 Å². The highest BCUT2D eigenvalue weighted by atomic mass is 16.1. The minimum atomic E-state index is -0.465. The number of carbonyl (C=O) groups excluding carboxylic acids is 3. The Labute approximate surface area is 134 Å². The number of rotatable bonds is 9. The van der Waals surface area contributed by atoms with Gasteiger partial charge in [-0.05, 0) is 50.8 Å². The fourth-order valence-corrected chi connectivity index (χ4v) is 2.10. The molecule has 0 aromatic carbocycles. The van der Waals surface area contributed by atoms with Crippen LogP contribution in [0.5, 0.6) is 0 Å². The van der Waals surface area contributed by atoms with Gasteiger partial charge in [-0.2, -0.15) is 0 Å². The number of carbonyl (C=O) groups is 3. The van der Waals surface area contributed by atoms with Crippen LogP contribution in [0, 0.1) is 5.41 Å². The molecule has 0 aliphatic rings. The van der Waals surface area contributed by atoms with E-state index < -0.39 is 5.41 Å². The SMILES string of the molecule is C=C(/C=C(\C=C(/CC)C(C)=O)C(C)=O)C(=O)C(C)(CC)CC. The molecule has 0 aliphatic heterocycles. The summed E-state index contributed by atoms with van der Waals surface area (Å²) < 4.78 is 0. The van der Waals surface area contributed by atoms with Crippen LogP contribution in [0.3, 0.4) is 0 Å². The highest BCUT2D eigenvalue weighted by molar-refractivity contribution is 6.06. The standard InChI is InChI=1S/C19H28O3/c1-8-16(14(5)20)12-17(15(6)21)11-13(4)18(22)19(7,9-2)10-3/h11-12H,4,8-10H2,1-3,5-7H3/b16-12+,17-11+. The molecule has 0 atom stereocenters. The molecule has 0 radical (unpaired) electrons. The summed E-state index contributed by atoms with van der Waals surface area (Å²) in [5.41, 5.74) is 0.759. The Hall–Kier alpha value is -1.77. The number of Topliss-reactive ketones (excluding diaryl/α,β-unsaturated/α-hetero) is 3. The molecule has 22 heavy (non-hydrogen) atoms. The average molecular weight is 304 g/mol. The van der Waals surface area contributed by atoms with Crippen LogP contribution in [-0.2, 0) is 14.4 Å². The molecule has 0 heterocycles. The van der Waals surface area contributed by atoms with Gasteiger partial charge in [-0.25, -0.2) is 0 Å². The van der Waals surface area contributed by atoms with Crippen molar-refractivity contribution in [1.29, 1.82) is 0 Å². The predicted molar refractivity (Wildman–Crippen MR) is 90.7 cm³/mol. The van der Waals surface area contributed by atoms with Gasteiger partial charge in [-0.1, -0.05) is 34.3 Å². The van der Waals surface area contributed by atoms with Crippen LogP contribution in [0.4, 0.5) is 0 Å². The van der Waals surface area contributed by atoms with Gasteiger partial charge in [0.05, 0.1) is 0 Å². The molecular formula is C19H28O3. The summed E-state index contributed by atoms with van der Waals surface area (Å²) in [6.07, 6.45) is 5.05. The summed E-state index contributed by atoms with van der Waals surface area (Å²) in [5, 5.41) is 0. The average Bonchev–Trinajstić information content (AvgIpc) is 2.48. The summed E-state index contributed by atoms with van der Waals surface area (Å²) >= 11 is 0. The monoisotopic (exact) mass is 304 g/mol. The number of hydrogen-bond donors (Lipinski definition) is 0. The highest BCUT2D eigenvalue weighted by Gasteiger charge is 2.30. The van der Waals surface area contributed by atoms with E-state index in [-0.39, 0.29) is 17.3 Å². The zero-order valence-corrected chi connectivity index (χ0v) is 14.7. The van der Waals surface area contributed by atoms with Gasteiger partial charge in [-0.15, -0.1) is 0 Å². The lowest BCUT2D eigenvalue weighted by Gasteiger charge is -2.25. The van der Waals surface area contributed by atoms with Gasteiger partial charge in [0, 0.05) is 16.6 Å². The van der Waals surface area contributed by atoms with E-state index in [1.807, 2.05) is 27.7 Å². The van der Waals surface area contributed by atoms with Crippen molar-refractivity contribution in [3.8, 4) is 0 Å². The fraction of sp³-hybridized carbons (Fsp3) is 0.526. The maximum absolute atomic E-state index is 12.5. The van der Waals surface area contributed by atoms with Crippen molar-refractivity contribution in [2.45, 2.75) is 60.8 Å². The summed E-state index contributed by atoms with van der Waals surface area (Å²) in [6.45, 7) is 14.4. The normalized spacial score (nSPS) is 13.0. The van der Waals surface area contributed by atoms with E-state index in [0.29, 0.717) is 36.0 Å². The topological polar surface area (TPSA) is 51.2 Å². The van der Waals surface area contributed by atoms with E-state index in [2.05, 4.69) is 6.58 Å². The van der Waals surface area contributed by atoms with Crippen LogP contribution in [0.2, 0.25) is 0 Å². The first kappa shape index (κ1) is 20.2. The molecule has 0 N–H and O–H groups in total. The lowest BCUT2D eigenvalue weighted by molar-refractivity contribution is -0.124. The van der Waals surface area contributed by atoms with Crippen molar-refractivity contribution >= 4 is 17.3 Å². The smallest absolute Gasteiger partial charge is 0.168 e. The number of allylic oxidation sites excluding steroid dienone is 5. The third-order valence-electron chi connectivity index (χ3n) is 4.30. The van der Waals surface area contributed by atoms with Gasteiger partial charge in [0.15, 0.2) is 17.3 Å². The zero-order valence-electron chi connectivity index (χ0n) is 14.7. The Morgan fingerprint density at radius 1 is 0.955 bits per heavy atom. The van der Waals surface area contributed by atoms with Crippen molar-refractivity contribution in [1.82, 2.24) is 0 Å². The van der Waals surface area contributed by atoms with Crippen LogP contribution in [0.15, 0.2) is 35.5 Å². The Morgan fingerprint density at radius 2 is 1.45 bits per heavy atom.